The third kappa shape index (κ3) is 3.39. The van der Waals surface area contributed by atoms with Crippen molar-refractivity contribution in [2.45, 2.75) is 26.8 Å². The second-order valence-corrected chi connectivity index (χ2v) is 6.73. The molecular weight excluding hydrogens is 348 g/mol. The number of benzene rings is 2. The van der Waals surface area contributed by atoms with Gasteiger partial charge < -0.3 is 5.32 Å². The van der Waals surface area contributed by atoms with Crippen LogP contribution in [0.25, 0.3) is 22.2 Å². The predicted octanol–water partition coefficient (Wildman–Crippen LogP) is 4.61. The fourth-order valence-electron chi connectivity index (χ4n) is 3.53. The zero-order valence-electron chi connectivity index (χ0n) is 16.0. The van der Waals surface area contributed by atoms with Gasteiger partial charge in [0.05, 0.1) is 5.69 Å². The number of aromatic nitrogens is 3. The maximum atomic E-state index is 12.7. The molecule has 0 unspecified atom stereocenters. The molecule has 2 aromatic heterocycles. The molecule has 0 spiro atoms. The van der Waals surface area contributed by atoms with Gasteiger partial charge >= 0.3 is 0 Å². The van der Waals surface area contributed by atoms with Crippen molar-refractivity contribution in [3.63, 3.8) is 0 Å². The fraction of sp³-hybridized carbons (Fsp3) is 0.174. The number of amides is 1. The molecule has 0 aliphatic carbocycles. The van der Waals surface area contributed by atoms with E-state index in [1.54, 1.807) is 10.9 Å². The van der Waals surface area contributed by atoms with Crippen molar-refractivity contribution in [1.82, 2.24) is 14.8 Å². The molecule has 2 aromatic carbocycles. The first-order valence-corrected chi connectivity index (χ1v) is 9.42. The number of aryl methyl sites for hydroxylation is 2. The summed E-state index contributed by atoms with van der Waals surface area (Å²) in [5.41, 5.74) is 5.73. The Labute approximate surface area is 164 Å². The lowest BCUT2D eigenvalue weighted by Crippen LogP contribution is -2.20. The van der Waals surface area contributed by atoms with Gasteiger partial charge in [0.25, 0.3) is 0 Å². The smallest absolute Gasteiger partial charge is 0.246 e. The van der Waals surface area contributed by atoms with Crippen molar-refractivity contribution >= 4 is 22.6 Å². The molecule has 28 heavy (non-hydrogen) atoms. The third-order valence-electron chi connectivity index (χ3n) is 4.86. The summed E-state index contributed by atoms with van der Waals surface area (Å²) in [5.74, 6) is -0.114. The molecule has 0 radical (unpaired) electrons. The quantitative estimate of drug-likeness (QED) is 0.558. The molecule has 0 bridgehead atoms. The van der Waals surface area contributed by atoms with Crippen molar-refractivity contribution in [2.75, 3.05) is 5.32 Å². The number of fused-ring (bicyclic) bond motifs is 1. The molecule has 0 saturated heterocycles. The summed E-state index contributed by atoms with van der Waals surface area (Å²) in [6, 6.07) is 20.0. The summed E-state index contributed by atoms with van der Waals surface area (Å²) in [4.78, 5) is 17.2. The van der Waals surface area contributed by atoms with Crippen molar-refractivity contribution in [3.05, 3.63) is 78.1 Å². The maximum absolute atomic E-state index is 12.7. The van der Waals surface area contributed by atoms with E-state index < -0.39 is 0 Å². The molecule has 0 saturated carbocycles. The molecule has 140 valence electrons. The Morgan fingerprint density at radius 1 is 1.04 bits per heavy atom. The molecule has 4 aromatic rings. The van der Waals surface area contributed by atoms with Crippen molar-refractivity contribution in [1.29, 1.82) is 0 Å². The van der Waals surface area contributed by atoms with E-state index in [1.165, 1.54) is 0 Å². The molecule has 2 heterocycles. The Hall–Kier alpha value is -3.47. The van der Waals surface area contributed by atoms with Crippen LogP contribution in [0.2, 0.25) is 0 Å². The Bertz CT molecular complexity index is 1130. The molecule has 5 heteroatoms. The number of carbonyl (C=O) groups excluding carboxylic acids is 1. The van der Waals surface area contributed by atoms with Crippen molar-refractivity contribution < 1.29 is 4.79 Å². The molecule has 4 rings (SSSR count). The minimum Gasteiger partial charge on any atom is -0.324 e. The van der Waals surface area contributed by atoms with E-state index in [4.69, 9.17) is 0 Å². The van der Waals surface area contributed by atoms with Gasteiger partial charge in [-0.15, -0.1) is 0 Å². The minimum atomic E-state index is -0.114. The van der Waals surface area contributed by atoms with E-state index in [2.05, 4.69) is 34.5 Å². The second-order valence-electron chi connectivity index (χ2n) is 6.73. The van der Waals surface area contributed by atoms with Crippen LogP contribution in [0.5, 0.6) is 0 Å². The van der Waals surface area contributed by atoms with E-state index in [9.17, 15) is 4.79 Å². The number of carbonyl (C=O) groups is 1. The van der Waals surface area contributed by atoms with Gasteiger partial charge in [0, 0.05) is 17.3 Å². The molecule has 0 aliphatic rings. The zero-order valence-corrected chi connectivity index (χ0v) is 16.0. The summed E-state index contributed by atoms with van der Waals surface area (Å²) in [6.07, 6.45) is 2.63. The lowest BCUT2D eigenvalue weighted by molar-refractivity contribution is -0.116. The Morgan fingerprint density at radius 2 is 1.79 bits per heavy atom. The first-order chi connectivity index (χ1) is 13.7. The van der Waals surface area contributed by atoms with Gasteiger partial charge in [-0.05, 0) is 42.2 Å². The highest BCUT2D eigenvalue weighted by Gasteiger charge is 2.16. The van der Waals surface area contributed by atoms with Crippen LogP contribution < -0.4 is 5.32 Å². The second kappa shape index (κ2) is 7.64. The maximum Gasteiger partial charge on any atom is 0.246 e. The summed E-state index contributed by atoms with van der Waals surface area (Å²) in [6.45, 7) is 4.15. The predicted molar refractivity (Wildman–Crippen MR) is 112 cm³/mol. The SMILES string of the molecule is CCc1ccccc1NC(=O)Cn1nc(C)c2c(-c3ccccc3)ccnc21. The van der Waals surface area contributed by atoms with Gasteiger partial charge in [0.15, 0.2) is 5.65 Å². The van der Waals surface area contributed by atoms with Crippen LogP contribution in [0.1, 0.15) is 18.2 Å². The van der Waals surface area contributed by atoms with Gasteiger partial charge in [0.1, 0.15) is 6.54 Å². The van der Waals surface area contributed by atoms with E-state index in [0.717, 1.165) is 45.5 Å². The van der Waals surface area contributed by atoms with Crippen LogP contribution in [-0.4, -0.2) is 20.7 Å². The molecule has 0 fully saturated rings. The van der Waals surface area contributed by atoms with E-state index >= 15 is 0 Å². The number of hydrogen-bond acceptors (Lipinski definition) is 3. The van der Waals surface area contributed by atoms with E-state index in [-0.39, 0.29) is 12.5 Å². The largest absolute Gasteiger partial charge is 0.324 e. The standard InChI is InChI=1S/C23H22N4O/c1-3-17-9-7-8-12-20(17)25-21(28)15-27-23-22(16(2)26-27)19(13-14-24-23)18-10-5-4-6-11-18/h4-14H,3,15H2,1-2H3,(H,25,28). The van der Waals surface area contributed by atoms with Gasteiger partial charge in [-0.25, -0.2) is 9.67 Å². The molecule has 0 aliphatic heterocycles. The molecule has 1 amide bonds. The summed E-state index contributed by atoms with van der Waals surface area (Å²) in [5, 5.41) is 8.58. The van der Waals surface area contributed by atoms with Gasteiger partial charge in [-0.2, -0.15) is 5.10 Å². The van der Waals surface area contributed by atoms with Crippen LogP contribution in [0.4, 0.5) is 5.69 Å². The number of pyridine rings is 1. The Morgan fingerprint density at radius 3 is 2.57 bits per heavy atom. The Kier molecular flexibility index (Phi) is 4.89. The topological polar surface area (TPSA) is 59.8 Å². The minimum absolute atomic E-state index is 0.114. The van der Waals surface area contributed by atoms with Crippen molar-refractivity contribution in [3.8, 4) is 11.1 Å². The lowest BCUT2D eigenvalue weighted by atomic mass is 10.0. The molecule has 0 atom stereocenters. The molecular formula is C23H22N4O. The highest BCUT2D eigenvalue weighted by atomic mass is 16.2. The number of nitrogens with zero attached hydrogens (tertiary/aromatic N) is 3. The molecule has 5 nitrogen and oxygen atoms in total. The van der Waals surface area contributed by atoms with Crippen molar-refractivity contribution in [2.24, 2.45) is 0 Å². The van der Waals surface area contributed by atoms with E-state index in [1.807, 2.05) is 55.5 Å². The van der Waals surface area contributed by atoms with E-state index in [0.29, 0.717) is 0 Å². The molecule has 1 N–H and O–H groups in total. The first kappa shape index (κ1) is 17.9. The van der Waals surface area contributed by atoms with Crippen LogP contribution >= 0.6 is 0 Å². The number of nitrogens with one attached hydrogen (secondary N) is 1. The number of para-hydroxylation sites is 1. The normalized spacial score (nSPS) is 10.9. The summed E-state index contributed by atoms with van der Waals surface area (Å²) >= 11 is 0. The zero-order chi connectivity index (χ0) is 19.5. The van der Waals surface area contributed by atoms with Gasteiger partial charge in [-0.3, -0.25) is 4.79 Å². The Balaban J connectivity index is 1.66. The first-order valence-electron chi connectivity index (χ1n) is 9.42. The van der Waals surface area contributed by atoms with Gasteiger partial charge in [-0.1, -0.05) is 55.5 Å². The monoisotopic (exact) mass is 370 g/mol. The van der Waals surface area contributed by atoms with Crippen LogP contribution in [-0.2, 0) is 17.8 Å². The number of anilines is 1. The summed E-state index contributed by atoms with van der Waals surface area (Å²) < 4.78 is 1.68. The summed E-state index contributed by atoms with van der Waals surface area (Å²) in [7, 11) is 0. The highest BCUT2D eigenvalue weighted by Crippen LogP contribution is 2.29. The lowest BCUT2D eigenvalue weighted by Gasteiger charge is -2.10. The number of rotatable bonds is 5. The van der Waals surface area contributed by atoms with Crippen LogP contribution in [0, 0.1) is 6.92 Å². The number of hydrogen-bond donors (Lipinski definition) is 1. The fourth-order valence-corrected chi connectivity index (χ4v) is 3.53. The third-order valence-corrected chi connectivity index (χ3v) is 4.86. The van der Waals surface area contributed by atoms with Crippen LogP contribution in [0.3, 0.4) is 0 Å². The highest BCUT2D eigenvalue weighted by molar-refractivity contribution is 5.96. The van der Waals surface area contributed by atoms with Crippen LogP contribution in [0.15, 0.2) is 66.9 Å². The average Bonchev–Trinajstić information content (AvgIpc) is 3.04. The van der Waals surface area contributed by atoms with Gasteiger partial charge in [0.2, 0.25) is 5.91 Å². The average molecular weight is 370 g/mol.